The highest BCUT2D eigenvalue weighted by molar-refractivity contribution is 5.85. The number of ether oxygens (including phenoxy) is 2. The Bertz CT molecular complexity index is 243. The Morgan fingerprint density at radius 2 is 2.00 bits per heavy atom. The lowest BCUT2D eigenvalue weighted by Gasteiger charge is -2.12. The molecular weight excluding hydrogens is 180 g/mol. The second kappa shape index (κ2) is 3.23. The second-order valence-electron chi connectivity index (χ2n) is 4.20. The molecule has 2 rings (SSSR count). The van der Waals surface area contributed by atoms with Gasteiger partial charge in [0.2, 0.25) is 0 Å². The van der Waals surface area contributed by atoms with Crippen molar-refractivity contribution in [2.75, 3.05) is 6.61 Å². The molecule has 0 N–H and O–H groups in total. The van der Waals surface area contributed by atoms with Gasteiger partial charge < -0.3 is 9.47 Å². The fourth-order valence-corrected chi connectivity index (χ4v) is 2.77. The summed E-state index contributed by atoms with van der Waals surface area (Å²) in [4.78, 5) is 11.8. The molecule has 1 heterocycles. The van der Waals surface area contributed by atoms with Crippen molar-refractivity contribution in [2.45, 2.75) is 57.2 Å². The molecule has 0 bridgehead atoms. The van der Waals surface area contributed by atoms with E-state index in [1.807, 2.05) is 13.8 Å². The van der Waals surface area contributed by atoms with Crippen LogP contribution < -0.4 is 0 Å². The Morgan fingerprint density at radius 1 is 1.36 bits per heavy atom. The van der Waals surface area contributed by atoms with Crippen LogP contribution in [0.15, 0.2) is 0 Å². The van der Waals surface area contributed by atoms with E-state index in [2.05, 4.69) is 0 Å². The summed E-state index contributed by atoms with van der Waals surface area (Å²) >= 11 is 0. The van der Waals surface area contributed by atoms with Gasteiger partial charge in [-0.1, -0.05) is 19.8 Å². The van der Waals surface area contributed by atoms with Crippen LogP contribution in [-0.2, 0) is 14.3 Å². The van der Waals surface area contributed by atoms with Crippen molar-refractivity contribution >= 4 is 5.97 Å². The summed E-state index contributed by atoms with van der Waals surface area (Å²) in [5.41, 5.74) is -0.729. The summed E-state index contributed by atoms with van der Waals surface area (Å²) < 4.78 is 10.8. The van der Waals surface area contributed by atoms with Crippen LogP contribution in [0.5, 0.6) is 0 Å². The van der Waals surface area contributed by atoms with Gasteiger partial charge in [-0.3, -0.25) is 0 Å². The summed E-state index contributed by atoms with van der Waals surface area (Å²) in [6.45, 7) is 4.29. The van der Waals surface area contributed by atoms with Gasteiger partial charge in [0.05, 0.1) is 6.61 Å². The molecule has 1 spiro atoms. The lowest BCUT2D eigenvalue weighted by molar-refractivity contribution is -0.149. The first-order valence-corrected chi connectivity index (χ1v) is 5.58. The number of epoxide rings is 1. The van der Waals surface area contributed by atoms with Crippen molar-refractivity contribution < 1.29 is 14.3 Å². The molecule has 2 aliphatic rings. The Morgan fingerprint density at radius 3 is 2.50 bits per heavy atom. The third-order valence-corrected chi connectivity index (χ3v) is 3.58. The maximum Gasteiger partial charge on any atom is 0.341 e. The lowest BCUT2D eigenvalue weighted by atomic mass is 9.89. The summed E-state index contributed by atoms with van der Waals surface area (Å²) in [6, 6.07) is 0. The lowest BCUT2D eigenvalue weighted by Crippen LogP contribution is -2.34. The highest BCUT2D eigenvalue weighted by Gasteiger charge is 2.74. The molecule has 1 saturated heterocycles. The maximum absolute atomic E-state index is 11.8. The second-order valence-corrected chi connectivity index (χ2v) is 4.20. The van der Waals surface area contributed by atoms with E-state index >= 15 is 0 Å². The number of esters is 1. The van der Waals surface area contributed by atoms with Crippen LogP contribution in [0.4, 0.5) is 0 Å². The normalized spacial score (nSPS) is 33.3. The first-order valence-electron chi connectivity index (χ1n) is 5.58. The van der Waals surface area contributed by atoms with E-state index in [1.165, 1.54) is 12.8 Å². The minimum atomic E-state index is -0.584. The zero-order valence-corrected chi connectivity index (χ0v) is 8.97. The highest BCUT2D eigenvalue weighted by Crippen LogP contribution is 2.60. The molecule has 1 saturated carbocycles. The third kappa shape index (κ3) is 1.11. The zero-order valence-electron chi connectivity index (χ0n) is 8.97. The minimum absolute atomic E-state index is 0.145. The van der Waals surface area contributed by atoms with E-state index in [9.17, 15) is 4.79 Å². The van der Waals surface area contributed by atoms with E-state index in [-0.39, 0.29) is 11.6 Å². The van der Waals surface area contributed by atoms with Gasteiger partial charge in [-0.05, 0) is 26.2 Å². The predicted molar refractivity (Wildman–Crippen MR) is 51.9 cm³/mol. The molecule has 0 radical (unpaired) electrons. The topological polar surface area (TPSA) is 38.8 Å². The predicted octanol–water partition coefficient (Wildman–Crippen LogP) is 2.04. The van der Waals surface area contributed by atoms with Crippen molar-refractivity contribution in [3.05, 3.63) is 0 Å². The van der Waals surface area contributed by atoms with Gasteiger partial charge in [-0.2, -0.15) is 0 Å². The fourth-order valence-electron chi connectivity index (χ4n) is 2.77. The monoisotopic (exact) mass is 198 g/mol. The molecule has 3 nitrogen and oxygen atoms in total. The molecule has 0 amide bonds. The number of hydrogen-bond acceptors (Lipinski definition) is 3. The van der Waals surface area contributed by atoms with Gasteiger partial charge in [-0.25, -0.2) is 4.79 Å². The molecule has 2 fully saturated rings. The summed E-state index contributed by atoms with van der Waals surface area (Å²) in [6.07, 6.45) is 5.16. The molecule has 14 heavy (non-hydrogen) atoms. The number of rotatable bonds is 3. The number of carbonyl (C=O) groups is 1. The Kier molecular flexibility index (Phi) is 2.30. The first-order chi connectivity index (χ1) is 6.71. The van der Waals surface area contributed by atoms with Crippen LogP contribution in [0, 0.1) is 0 Å². The smallest absolute Gasteiger partial charge is 0.341 e. The molecule has 1 aliphatic carbocycles. The molecule has 1 aliphatic heterocycles. The van der Waals surface area contributed by atoms with Crippen LogP contribution in [-0.4, -0.2) is 23.8 Å². The van der Waals surface area contributed by atoms with Crippen LogP contribution in [0.25, 0.3) is 0 Å². The SMILES string of the molecule is CCOC(=O)C1(CC)OC12CCCC2. The van der Waals surface area contributed by atoms with E-state index in [4.69, 9.17) is 9.47 Å². The van der Waals surface area contributed by atoms with Gasteiger partial charge in [0.15, 0.2) is 5.60 Å². The molecule has 0 aromatic carbocycles. The van der Waals surface area contributed by atoms with E-state index in [0.29, 0.717) is 6.61 Å². The number of hydrogen-bond donors (Lipinski definition) is 0. The van der Waals surface area contributed by atoms with Crippen LogP contribution in [0.2, 0.25) is 0 Å². The van der Waals surface area contributed by atoms with Gasteiger partial charge >= 0.3 is 5.97 Å². The average Bonchev–Trinajstić information content (AvgIpc) is 2.55. The summed E-state index contributed by atoms with van der Waals surface area (Å²) in [5.74, 6) is -0.149. The van der Waals surface area contributed by atoms with E-state index in [1.54, 1.807) is 0 Å². The maximum atomic E-state index is 11.8. The zero-order chi connectivity index (χ0) is 10.2. The molecule has 80 valence electrons. The van der Waals surface area contributed by atoms with Crippen molar-refractivity contribution in [2.24, 2.45) is 0 Å². The van der Waals surface area contributed by atoms with Gasteiger partial charge in [0.25, 0.3) is 0 Å². The Balaban J connectivity index is 2.10. The largest absolute Gasteiger partial charge is 0.464 e. The van der Waals surface area contributed by atoms with Crippen molar-refractivity contribution in [1.82, 2.24) is 0 Å². The summed E-state index contributed by atoms with van der Waals surface area (Å²) in [7, 11) is 0. The molecular formula is C11H18O3. The molecule has 0 aromatic heterocycles. The van der Waals surface area contributed by atoms with Crippen LogP contribution in [0.3, 0.4) is 0 Å². The van der Waals surface area contributed by atoms with Crippen molar-refractivity contribution in [3.63, 3.8) is 0 Å². The fraction of sp³-hybridized carbons (Fsp3) is 0.909. The Hall–Kier alpha value is -0.570. The van der Waals surface area contributed by atoms with Crippen LogP contribution in [0.1, 0.15) is 46.0 Å². The van der Waals surface area contributed by atoms with Gasteiger partial charge in [0, 0.05) is 0 Å². The molecule has 1 unspecified atom stereocenters. The van der Waals surface area contributed by atoms with Crippen LogP contribution >= 0.6 is 0 Å². The highest BCUT2D eigenvalue weighted by atomic mass is 16.7. The average molecular weight is 198 g/mol. The van der Waals surface area contributed by atoms with E-state index < -0.39 is 5.60 Å². The molecule has 1 atom stereocenters. The van der Waals surface area contributed by atoms with Crippen molar-refractivity contribution in [3.8, 4) is 0 Å². The Labute approximate surface area is 84.8 Å². The minimum Gasteiger partial charge on any atom is -0.464 e. The first kappa shape index (κ1) is 9.97. The number of carbonyl (C=O) groups excluding carboxylic acids is 1. The third-order valence-electron chi connectivity index (χ3n) is 3.58. The standard InChI is InChI=1S/C11H18O3/c1-3-11(9(12)13-4-2)10(14-11)7-5-6-8-10/h3-8H2,1-2H3. The van der Waals surface area contributed by atoms with Gasteiger partial charge in [-0.15, -0.1) is 0 Å². The quantitative estimate of drug-likeness (QED) is 0.514. The van der Waals surface area contributed by atoms with Gasteiger partial charge in [0.1, 0.15) is 5.60 Å². The van der Waals surface area contributed by atoms with Crippen molar-refractivity contribution in [1.29, 1.82) is 0 Å². The summed E-state index contributed by atoms with van der Waals surface area (Å²) in [5, 5.41) is 0. The van der Waals surface area contributed by atoms with E-state index in [0.717, 1.165) is 19.3 Å². The molecule has 0 aromatic rings. The molecule has 3 heteroatoms.